The normalized spacial score (nSPS) is 16.9. The maximum Gasteiger partial charge on any atom is 0.317 e. The summed E-state index contributed by atoms with van der Waals surface area (Å²) < 4.78 is 0. The van der Waals surface area contributed by atoms with Gasteiger partial charge in [0.2, 0.25) is 0 Å². The molecule has 1 heterocycles. The molecule has 1 saturated heterocycles. The molecule has 4 nitrogen and oxygen atoms in total. The summed E-state index contributed by atoms with van der Waals surface area (Å²) in [4.78, 5) is 16.1. The fourth-order valence-electron chi connectivity index (χ4n) is 2.48. The highest BCUT2D eigenvalue weighted by Crippen LogP contribution is 2.11. The summed E-state index contributed by atoms with van der Waals surface area (Å²) in [7, 11) is 0. The third kappa shape index (κ3) is 4.48. The van der Waals surface area contributed by atoms with Crippen LogP contribution in [0.15, 0.2) is 0 Å². The third-order valence-electron chi connectivity index (χ3n) is 3.70. The van der Waals surface area contributed by atoms with Gasteiger partial charge in [-0.1, -0.05) is 27.7 Å². The van der Waals surface area contributed by atoms with Crippen LogP contribution < -0.4 is 5.32 Å². The van der Waals surface area contributed by atoms with Crippen molar-refractivity contribution < 1.29 is 4.79 Å². The molecule has 1 aliphatic rings. The summed E-state index contributed by atoms with van der Waals surface area (Å²) in [5, 5.41) is 3.08. The molecule has 1 N–H and O–H groups in total. The van der Waals surface area contributed by atoms with Crippen LogP contribution >= 0.6 is 0 Å². The van der Waals surface area contributed by atoms with Crippen LogP contribution in [0.3, 0.4) is 0 Å². The van der Waals surface area contributed by atoms with E-state index in [1.165, 1.54) is 0 Å². The van der Waals surface area contributed by atoms with Gasteiger partial charge in [-0.2, -0.15) is 0 Å². The minimum absolute atomic E-state index is 0.113. The predicted molar refractivity (Wildman–Crippen MR) is 75.8 cm³/mol. The van der Waals surface area contributed by atoms with Crippen LogP contribution in [-0.2, 0) is 0 Å². The third-order valence-corrected chi connectivity index (χ3v) is 3.70. The zero-order chi connectivity index (χ0) is 13.5. The fraction of sp³-hybridized carbons (Fsp3) is 0.929. The van der Waals surface area contributed by atoms with Gasteiger partial charge >= 0.3 is 6.03 Å². The minimum Gasteiger partial charge on any atom is -0.336 e. The lowest BCUT2D eigenvalue weighted by atomic mass is 10.0. The van der Waals surface area contributed by atoms with E-state index >= 15 is 0 Å². The Morgan fingerprint density at radius 2 is 1.89 bits per heavy atom. The van der Waals surface area contributed by atoms with Gasteiger partial charge in [0.05, 0.1) is 0 Å². The van der Waals surface area contributed by atoms with Gasteiger partial charge in [0.1, 0.15) is 0 Å². The molecule has 0 spiro atoms. The first kappa shape index (κ1) is 15.3. The van der Waals surface area contributed by atoms with E-state index in [4.69, 9.17) is 0 Å². The van der Waals surface area contributed by atoms with Crippen molar-refractivity contribution in [2.24, 2.45) is 5.92 Å². The lowest BCUT2D eigenvalue weighted by molar-refractivity contribution is 0.154. The Kier molecular flexibility index (Phi) is 6.47. The van der Waals surface area contributed by atoms with Crippen LogP contribution in [0.4, 0.5) is 4.79 Å². The molecule has 18 heavy (non-hydrogen) atoms. The lowest BCUT2D eigenvalue weighted by Crippen LogP contribution is -2.51. The molecule has 0 radical (unpaired) electrons. The highest BCUT2D eigenvalue weighted by atomic mass is 16.2. The fourth-order valence-corrected chi connectivity index (χ4v) is 2.48. The largest absolute Gasteiger partial charge is 0.336 e. The van der Waals surface area contributed by atoms with Crippen LogP contribution in [0.1, 0.15) is 40.5 Å². The second kappa shape index (κ2) is 7.62. The van der Waals surface area contributed by atoms with Gasteiger partial charge in [-0.15, -0.1) is 0 Å². The Morgan fingerprint density at radius 3 is 2.28 bits per heavy atom. The van der Waals surface area contributed by atoms with E-state index in [0.29, 0.717) is 12.0 Å². The Labute approximate surface area is 112 Å². The van der Waals surface area contributed by atoms with Crippen LogP contribution in [0.2, 0.25) is 0 Å². The zero-order valence-corrected chi connectivity index (χ0v) is 12.4. The summed E-state index contributed by atoms with van der Waals surface area (Å²) in [6, 6.07) is 0.576. The number of likely N-dealkylation sites (N-methyl/N-ethyl adjacent to an activating group) is 1. The first-order valence-electron chi connectivity index (χ1n) is 7.35. The summed E-state index contributed by atoms with van der Waals surface area (Å²) in [5.41, 5.74) is 0. The van der Waals surface area contributed by atoms with E-state index in [9.17, 15) is 4.79 Å². The summed E-state index contributed by atoms with van der Waals surface area (Å²) in [5.74, 6) is 0.663. The Bertz CT molecular complexity index is 247. The van der Waals surface area contributed by atoms with Crippen molar-refractivity contribution in [3.63, 3.8) is 0 Å². The van der Waals surface area contributed by atoms with E-state index in [1.807, 2.05) is 4.90 Å². The monoisotopic (exact) mass is 255 g/mol. The highest BCUT2D eigenvalue weighted by Gasteiger charge is 2.22. The van der Waals surface area contributed by atoms with E-state index in [0.717, 1.165) is 45.6 Å². The van der Waals surface area contributed by atoms with Crippen molar-refractivity contribution in [3.05, 3.63) is 0 Å². The lowest BCUT2D eigenvalue weighted by Gasteiger charge is -2.34. The molecule has 2 amide bonds. The maximum atomic E-state index is 11.8. The van der Waals surface area contributed by atoms with Gasteiger partial charge < -0.3 is 10.2 Å². The van der Waals surface area contributed by atoms with Crippen molar-refractivity contribution >= 4 is 6.03 Å². The number of carbonyl (C=O) groups is 1. The Hall–Kier alpha value is -0.770. The maximum absolute atomic E-state index is 11.8. The smallest absolute Gasteiger partial charge is 0.317 e. The Morgan fingerprint density at radius 1 is 1.28 bits per heavy atom. The molecule has 1 aliphatic heterocycles. The standard InChI is InChI=1S/C14H29N3O/c1-5-16(6-2)13(10-12(3)4)11-15-14(18)17-8-7-9-17/h12-13H,5-11H2,1-4H3,(H,15,18)/t13-/m1/s1. The van der Waals surface area contributed by atoms with Gasteiger partial charge in [-0.05, 0) is 31.8 Å². The summed E-state index contributed by atoms with van der Waals surface area (Å²) in [6.45, 7) is 13.6. The second-order valence-electron chi connectivity index (χ2n) is 5.53. The van der Waals surface area contributed by atoms with Crippen LogP contribution in [0, 0.1) is 5.92 Å². The SMILES string of the molecule is CCN(CC)[C@@H](CNC(=O)N1CCC1)CC(C)C. The topological polar surface area (TPSA) is 35.6 Å². The molecule has 1 atom stereocenters. The highest BCUT2D eigenvalue weighted by molar-refractivity contribution is 5.74. The summed E-state index contributed by atoms with van der Waals surface area (Å²) in [6.07, 6.45) is 2.29. The number of amides is 2. The van der Waals surface area contributed by atoms with E-state index in [2.05, 4.69) is 37.9 Å². The van der Waals surface area contributed by atoms with Crippen LogP contribution in [0.25, 0.3) is 0 Å². The van der Waals surface area contributed by atoms with Gasteiger partial charge in [0.25, 0.3) is 0 Å². The second-order valence-corrected chi connectivity index (χ2v) is 5.53. The molecule has 1 fully saturated rings. The molecule has 0 aromatic rings. The quantitative estimate of drug-likeness (QED) is 0.756. The Balaban J connectivity index is 2.41. The van der Waals surface area contributed by atoms with Gasteiger partial charge in [0, 0.05) is 25.7 Å². The number of rotatable bonds is 7. The molecule has 1 rings (SSSR count). The number of urea groups is 1. The molecule has 0 saturated carbocycles. The zero-order valence-electron chi connectivity index (χ0n) is 12.4. The van der Waals surface area contributed by atoms with Crippen molar-refractivity contribution in [1.82, 2.24) is 15.1 Å². The van der Waals surface area contributed by atoms with Gasteiger partial charge in [-0.3, -0.25) is 4.90 Å². The van der Waals surface area contributed by atoms with Crippen molar-refractivity contribution in [1.29, 1.82) is 0 Å². The molecule has 0 aromatic carbocycles. The number of nitrogens with one attached hydrogen (secondary N) is 1. The molecular weight excluding hydrogens is 226 g/mol. The van der Waals surface area contributed by atoms with Crippen molar-refractivity contribution in [2.75, 3.05) is 32.7 Å². The first-order chi connectivity index (χ1) is 8.58. The average molecular weight is 255 g/mol. The molecule has 0 aromatic heterocycles. The molecule has 106 valence electrons. The average Bonchev–Trinajstić information content (AvgIpc) is 2.24. The number of hydrogen-bond donors (Lipinski definition) is 1. The predicted octanol–water partition coefficient (Wildman–Crippen LogP) is 2.16. The van der Waals surface area contributed by atoms with Crippen molar-refractivity contribution in [2.45, 2.75) is 46.6 Å². The van der Waals surface area contributed by atoms with Crippen LogP contribution in [0.5, 0.6) is 0 Å². The molecule has 0 unspecified atom stereocenters. The molecule has 0 bridgehead atoms. The molecule has 4 heteroatoms. The summed E-state index contributed by atoms with van der Waals surface area (Å²) >= 11 is 0. The van der Waals surface area contributed by atoms with E-state index < -0.39 is 0 Å². The molecular formula is C14H29N3O. The van der Waals surface area contributed by atoms with Crippen molar-refractivity contribution in [3.8, 4) is 0 Å². The van der Waals surface area contributed by atoms with E-state index in [-0.39, 0.29) is 6.03 Å². The van der Waals surface area contributed by atoms with Crippen LogP contribution in [-0.4, -0.2) is 54.6 Å². The van der Waals surface area contributed by atoms with E-state index in [1.54, 1.807) is 0 Å². The van der Waals surface area contributed by atoms with Gasteiger partial charge in [0.15, 0.2) is 0 Å². The number of likely N-dealkylation sites (tertiary alicyclic amines) is 1. The minimum atomic E-state index is 0.113. The first-order valence-corrected chi connectivity index (χ1v) is 7.35. The number of carbonyl (C=O) groups excluding carboxylic acids is 1. The number of hydrogen-bond acceptors (Lipinski definition) is 2. The number of nitrogens with zero attached hydrogens (tertiary/aromatic N) is 2. The molecule has 0 aliphatic carbocycles. The van der Waals surface area contributed by atoms with Gasteiger partial charge in [-0.25, -0.2) is 4.79 Å².